The van der Waals surface area contributed by atoms with Crippen LogP contribution in [0.4, 0.5) is 0 Å². The molecule has 1 saturated carbocycles. The van der Waals surface area contributed by atoms with E-state index in [1.54, 1.807) is 0 Å². The minimum Gasteiger partial charge on any atom is -0.330 e. The summed E-state index contributed by atoms with van der Waals surface area (Å²) in [7, 11) is 0. The van der Waals surface area contributed by atoms with E-state index in [0.29, 0.717) is 0 Å². The number of aromatic amines is 1. The zero-order valence-corrected chi connectivity index (χ0v) is 9.89. The van der Waals surface area contributed by atoms with Crippen molar-refractivity contribution in [2.24, 2.45) is 5.73 Å². The van der Waals surface area contributed by atoms with Gasteiger partial charge in [-0.05, 0) is 37.7 Å². The number of fused-ring (bicyclic) bond motifs is 1. The Morgan fingerprint density at radius 3 is 2.69 bits per heavy atom. The van der Waals surface area contributed by atoms with Crippen LogP contribution >= 0.6 is 0 Å². The lowest BCUT2D eigenvalue weighted by molar-refractivity contribution is 0.291. The highest BCUT2D eigenvalue weighted by atomic mass is 15.1. The fourth-order valence-electron chi connectivity index (χ4n) is 3.52. The first-order valence-corrected chi connectivity index (χ1v) is 6.62. The van der Waals surface area contributed by atoms with Crippen molar-refractivity contribution in [1.29, 1.82) is 0 Å². The lowest BCUT2D eigenvalue weighted by Crippen LogP contribution is -2.38. The Kier molecular flexibility index (Phi) is 2.51. The van der Waals surface area contributed by atoms with Gasteiger partial charge in [-0.2, -0.15) is 5.10 Å². The Morgan fingerprint density at radius 1 is 1.12 bits per heavy atom. The second kappa shape index (κ2) is 3.88. The van der Waals surface area contributed by atoms with E-state index in [1.165, 1.54) is 68.3 Å². The minimum absolute atomic E-state index is 0.201. The summed E-state index contributed by atoms with van der Waals surface area (Å²) in [4.78, 5) is 0. The van der Waals surface area contributed by atoms with Crippen LogP contribution in [0.5, 0.6) is 0 Å². The van der Waals surface area contributed by atoms with Gasteiger partial charge < -0.3 is 5.73 Å². The molecule has 0 bridgehead atoms. The van der Waals surface area contributed by atoms with Gasteiger partial charge in [0.15, 0.2) is 0 Å². The van der Waals surface area contributed by atoms with Crippen LogP contribution in [0.1, 0.15) is 55.5 Å². The fraction of sp³-hybridized carbons (Fsp3) is 0.769. The number of nitrogens with zero attached hydrogens (tertiary/aromatic N) is 1. The lowest BCUT2D eigenvalue weighted by Gasteiger charge is -2.35. The van der Waals surface area contributed by atoms with Crippen molar-refractivity contribution in [1.82, 2.24) is 10.2 Å². The van der Waals surface area contributed by atoms with Crippen LogP contribution in [0, 0.1) is 0 Å². The van der Waals surface area contributed by atoms with E-state index >= 15 is 0 Å². The number of hydrogen-bond acceptors (Lipinski definition) is 2. The molecule has 16 heavy (non-hydrogen) atoms. The van der Waals surface area contributed by atoms with E-state index < -0.39 is 0 Å². The lowest BCUT2D eigenvalue weighted by atomic mass is 9.70. The molecular weight excluding hydrogens is 198 g/mol. The monoisotopic (exact) mass is 219 g/mol. The molecule has 0 amide bonds. The maximum atomic E-state index is 6.07. The quantitative estimate of drug-likeness (QED) is 0.800. The Bertz CT molecular complexity index is 375. The van der Waals surface area contributed by atoms with E-state index in [2.05, 4.69) is 10.2 Å². The van der Waals surface area contributed by atoms with Crippen molar-refractivity contribution in [3.8, 4) is 0 Å². The Balaban J connectivity index is 1.99. The van der Waals surface area contributed by atoms with E-state index in [0.717, 1.165) is 6.54 Å². The molecular formula is C13H21N3. The van der Waals surface area contributed by atoms with Gasteiger partial charge in [0.1, 0.15) is 0 Å². The number of rotatable bonds is 2. The topological polar surface area (TPSA) is 54.7 Å². The summed E-state index contributed by atoms with van der Waals surface area (Å²) in [6.45, 7) is 0.768. The first-order chi connectivity index (χ1) is 7.86. The van der Waals surface area contributed by atoms with Crippen LogP contribution in [0.3, 0.4) is 0 Å². The van der Waals surface area contributed by atoms with Gasteiger partial charge in [-0.3, -0.25) is 5.10 Å². The fourth-order valence-corrected chi connectivity index (χ4v) is 3.52. The SMILES string of the molecule is NCC1(c2n[nH]c3c2CCC3)CCCCC1. The summed E-state index contributed by atoms with van der Waals surface area (Å²) in [5.41, 5.74) is 10.5. The van der Waals surface area contributed by atoms with Crippen molar-refractivity contribution in [3.63, 3.8) is 0 Å². The molecule has 3 nitrogen and oxygen atoms in total. The van der Waals surface area contributed by atoms with E-state index in [1.807, 2.05) is 0 Å². The molecule has 3 rings (SSSR count). The highest BCUT2D eigenvalue weighted by Gasteiger charge is 2.38. The third-order valence-electron chi connectivity index (χ3n) is 4.51. The third-order valence-corrected chi connectivity index (χ3v) is 4.51. The van der Waals surface area contributed by atoms with Crippen LogP contribution in [0.15, 0.2) is 0 Å². The molecule has 1 heterocycles. The zero-order valence-electron chi connectivity index (χ0n) is 9.89. The Morgan fingerprint density at radius 2 is 1.94 bits per heavy atom. The number of H-pyrrole nitrogens is 1. The van der Waals surface area contributed by atoms with Crippen molar-refractivity contribution >= 4 is 0 Å². The van der Waals surface area contributed by atoms with Gasteiger partial charge >= 0.3 is 0 Å². The van der Waals surface area contributed by atoms with Crippen LogP contribution in [-0.2, 0) is 18.3 Å². The maximum absolute atomic E-state index is 6.07. The Labute approximate surface area is 96.8 Å². The van der Waals surface area contributed by atoms with Crippen LogP contribution in [0.25, 0.3) is 0 Å². The smallest absolute Gasteiger partial charge is 0.0731 e. The predicted molar refractivity (Wildman–Crippen MR) is 64.4 cm³/mol. The summed E-state index contributed by atoms with van der Waals surface area (Å²) < 4.78 is 0. The number of hydrogen-bond donors (Lipinski definition) is 2. The molecule has 0 radical (unpaired) electrons. The second-order valence-electron chi connectivity index (χ2n) is 5.43. The van der Waals surface area contributed by atoms with Gasteiger partial charge in [0, 0.05) is 17.7 Å². The minimum atomic E-state index is 0.201. The van der Waals surface area contributed by atoms with Crippen molar-refractivity contribution in [2.45, 2.75) is 56.8 Å². The second-order valence-corrected chi connectivity index (χ2v) is 5.43. The molecule has 0 aromatic carbocycles. The van der Waals surface area contributed by atoms with Crippen LogP contribution in [0.2, 0.25) is 0 Å². The summed E-state index contributed by atoms with van der Waals surface area (Å²) in [5.74, 6) is 0. The predicted octanol–water partition coefficient (Wildman–Crippen LogP) is 2.06. The van der Waals surface area contributed by atoms with E-state index in [-0.39, 0.29) is 5.41 Å². The third kappa shape index (κ3) is 1.41. The number of aromatic nitrogens is 2. The highest BCUT2D eigenvalue weighted by Crippen LogP contribution is 2.41. The normalized spacial score (nSPS) is 23.3. The van der Waals surface area contributed by atoms with Gasteiger partial charge in [0.05, 0.1) is 5.69 Å². The molecule has 1 fully saturated rings. The molecule has 2 aliphatic rings. The highest BCUT2D eigenvalue weighted by molar-refractivity contribution is 5.35. The molecule has 0 atom stereocenters. The first kappa shape index (κ1) is 10.3. The molecule has 0 spiro atoms. The van der Waals surface area contributed by atoms with Crippen LogP contribution in [-0.4, -0.2) is 16.7 Å². The van der Waals surface area contributed by atoms with Crippen LogP contribution < -0.4 is 5.73 Å². The molecule has 2 aliphatic carbocycles. The largest absolute Gasteiger partial charge is 0.330 e. The molecule has 3 heteroatoms. The average molecular weight is 219 g/mol. The summed E-state index contributed by atoms with van der Waals surface area (Å²) in [5, 5.41) is 7.84. The van der Waals surface area contributed by atoms with E-state index in [4.69, 9.17) is 5.73 Å². The maximum Gasteiger partial charge on any atom is 0.0731 e. The summed E-state index contributed by atoms with van der Waals surface area (Å²) in [6, 6.07) is 0. The standard InChI is InChI=1S/C13H21N3/c14-9-13(7-2-1-3-8-13)12-10-5-4-6-11(10)15-16-12/h1-9,14H2,(H,15,16). The van der Waals surface area contributed by atoms with E-state index in [9.17, 15) is 0 Å². The summed E-state index contributed by atoms with van der Waals surface area (Å²) in [6.07, 6.45) is 10.2. The number of aryl methyl sites for hydroxylation is 1. The molecule has 0 aliphatic heterocycles. The first-order valence-electron chi connectivity index (χ1n) is 6.62. The van der Waals surface area contributed by atoms with Crippen molar-refractivity contribution in [3.05, 3.63) is 17.0 Å². The molecule has 1 aromatic rings. The average Bonchev–Trinajstić information content (AvgIpc) is 2.91. The van der Waals surface area contributed by atoms with Gasteiger partial charge in [0.25, 0.3) is 0 Å². The summed E-state index contributed by atoms with van der Waals surface area (Å²) >= 11 is 0. The molecule has 1 aromatic heterocycles. The van der Waals surface area contributed by atoms with Crippen molar-refractivity contribution < 1.29 is 0 Å². The number of nitrogens with two attached hydrogens (primary N) is 1. The molecule has 3 N–H and O–H groups in total. The number of nitrogens with one attached hydrogen (secondary N) is 1. The van der Waals surface area contributed by atoms with Gasteiger partial charge in [-0.15, -0.1) is 0 Å². The van der Waals surface area contributed by atoms with Crippen molar-refractivity contribution in [2.75, 3.05) is 6.54 Å². The van der Waals surface area contributed by atoms with Gasteiger partial charge in [-0.25, -0.2) is 0 Å². The molecule has 88 valence electrons. The molecule has 0 unspecified atom stereocenters. The van der Waals surface area contributed by atoms with Gasteiger partial charge in [-0.1, -0.05) is 19.3 Å². The molecule has 0 saturated heterocycles. The van der Waals surface area contributed by atoms with Gasteiger partial charge in [0.2, 0.25) is 0 Å². The zero-order chi connectivity index (χ0) is 11.0. The Hall–Kier alpha value is -0.830.